The van der Waals surface area contributed by atoms with Gasteiger partial charge in [-0.3, -0.25) is 9.69 Å². The van der Waals surface area contributed by atoms with Crippen molar-refractivity contribution < 1.29 is 14.7 Å². The van der Waals surface area contributed by atoms with Gasteiger partial charge in [0.2, 0.25) is 0 Å². The summed E-state index contributed by atoms with van der Waals surface area (Å²) in [6.07, 6.45) is 0.758. The number of rotatable bonds is 6. The normalized spacial score (nSPS) is 19.8. The average Bonchev–Trinajstić information content (AvgIpc) is 3.22. The number of aromatic nitrogens is 2. The van der Waals surface area contributed by atoms with Gasteiger partial charge in [0, 0.05) is 0 Å². The number of amides is 3. The first-order valence-corrected chi connectivity index (χ1v) is 10.9. The number of nitrogens with one attached hydrogen (secondary N) is 1. The Morgan fingerprint density at radius 1 is 1.06 bits per heavy atom. The molecule has 2 unspecified atom stereocenters. The first-order chi connectivity index (χ1) is 15.1. The molecule has 0 aliphatic carbocycles. The molecule has 3 aromatic rings. The summed E-state index contributed by atoms with van der Waals surface area (Å²) in [5, 5.41) is 13.5. The number of urea groups is 1. The smallest absolute Gasteiger partial charge is 0.325 e. The number of carbonyl (C=O) groups excluding carboxylic acids is 2. The molecule has 2 atom stereocenters. The summed E-state index contributed by atoms with van der Waals surface area (Å²) in [7, 11) is 0. The van der Waals surface area contributed by atoms with Crippen LogP contribution in [0.25, 0.3) is 11.0 Å². The van der Waals surface area contributed by atoms with Crippen molar-refractivity contribution in [1.82, 2.24) is 19.8 Å². The van der Waals surface area contributed by atoms with Gasteiger partial charge < -0.3 is 15.0 Å². The largest absolute Gasteiger partial charge is 0.389 e. The van der Waals surface area contributed by atoms with Crippen molar-refractivity contribution >= 4 is 23.0 Å². The van der Waals surface area contributed by atoms with Crippen molar-refractivity contribution in [2.24, 2.45) is 0 Å². The predicted octanol–water partition coefficient (Wildman–Crippen LogP) is 3.60. The molecule has 0 saturated carbocycles. The van der Waals surface area contributed by atoms with E-state index in [1.165, 1.54) is 5.56 Å². The van der Waals surface area contributed by atoms with E-state index in [-0.39, 0.29) is 19.0 Å². The summed E-state index contributed by atoms with van der Waals surface area (Å²) in [4.78, 5) is 31.4. The third-order valence-electron chi connectivity index (χ3n) is 6.47. The third kappa shape index (κ3) is 3.77. The number of imide groups is 1. The van der Waals surface area contributed by atoms with Crippen molar-refractivity contribution in [3.63, 3.8) is 0 Å². The Hall–Kier alpha value is -3.19. The van der Waals surface area contributed by atoms with Gasteiger partial charge in [0.25, 0.3) is 5.91 Å². The molecule has 1 aliphatic heterocycles. The first kappa shape index (κ1) is 22.0. The summed E-state index contributed by atoms with van der Waals surface area (Å²) in [5.74, 6) is 0.0186. The van der Waals surface area contributed by atoms with E-state index in [1.54, 1.807) is 13.3 Å². The second kappa shape index (κ2) is 8.06. The lowest BCUT2D eigenvalue weighted by atomic mass is 9.90. The highest BCUT2D eigenvalue weighted by molar-refractivity contribution is 6.07. The summed E-state index contributed by atoms with van der Waals surface area (Å²) in [5.41, 5.74) is 4.81. The number of fused-ring (bicyclic) bond motifs is 1. The Kier molecular flexibility index (Phi) is 5.54. The molecular weight excluding hydrogens is 404 g/mol. The lowest BCUT2D eigenvalue weighted by molar-refractivity contribution is -0.132. The lowest BCUT2D eigenvalue weighted by Crippen LogP contribution is -2.42. The number of imidazole rings is 1. The molecule has 7 heteroatoms. The minimum Gasteiger partial charge on any atom is -0.389 e. The van der Waals surface area contributed by atoms with Gasteiger partial charge in [-0.2, -0.15) is 0 Å². The second-order valence-corrected chi connectivity index (χ2v) is 9.22. The quantitative estimate of drug-likeness (QED) is 0.580. The molecule has 0 bridgehead atoms. The zero-order valence-corrected chi connectivity index (χ0v) is 19.2. The molecule has 2 N–H and O–H groups in total. The Morgan fingerprint density at radius 3 is 2.38 bits per heavy atom. The van der Waals surface area contributed by atoms with E-state index in [1.807, 2.05) is 54.8 Å². The van der Waals surface area contributed by atoms with Crippen molar-refractivity contribution in [1.29, 1.82) is 0 Å². The van der Waals surface area contributed by atoms with E-state index < -0.39 is 17.7 Å². The highest BCUT2D eigenvalue weighted by Crippen LogP contribution is 2.30. The molecule has 32 heavy (non-hydrogen) atoms. The van der Waals surface area contributed by atoms with Gasteiger partial charge in [0.1, 0.15) is 5.54 Å². The molecule has 3 amide bonds. The minimum atomic E-state index is -1.15. The molecule has 1 aromatic heterocycles. The molecular formula is C25H30N4O3. The number of β-amino-alcohol motifs (C(OH)–C–C–N with tert-alkyl or cyclic N) is 1. The highest BCUT2D eigenvalue weighted by Gasteiger charge is 2.49. The molecule has 0 radical (unpaired) electrons. The predicted molar refractivity (Wildman–Crippen MR) is 123 cm³/mol. The molecule has 1 saturated heterocycles. The molecule has 0 spiro atoms. The topological polar surface area (TPSA) is 87.5 Å². The van der Waals surface area contributed by atoms with Crippen LogP contribution in [0.1, 0.15) is 48.9 Å². The van der Waals surface area contributed by atoms with Crippen LogP contribution < -0.4 is 5.32 Å². The van der Waals surface area contributed by atoms with Crippen molar-refractivity contribution in [3.8, 4) is 0 Å². The minimum absolute atomic E-state index is 0.0884. The number of aliphatic hydroxyl groups excluding tert-OH is 1. The number of benzene rings is 2. The van der Waals surface area contributed by atoms with Crippen LogP contribution in [0.2, 0.25) is 0 Å². The maximum absolute atomic E-state index is 13.2. The summed E-state index contributed by atoms with van der Waals surface area (Å²) in [6.45, 7) is 10.1. The summed E-state index contributed by atoms with van der Waals surface area (Å²) in [6, 6.07) is 11.3. The van der Waals surface area contributed by atoms with Gasteiger partial charge in [0.15, 0.2) is 0 Å². The van der Waals surface area contributed by atoms with E-state index in [2.05, 4.69) is 24.1 Å². The number of hydrogen-bond donors (Lipinski definition) is 2. The Bertz CT molecular complexity index is 1180. The van der Waals surface area contributed by atoms with Gasteiger partial charge in [-0.1, -0.05) is 38.1 Å². The molecule has 7 nitrogen and oxygen atoms in total. The number of carbonyl (C=O) groups is 2. The van der Waals surface area contributed by atoms with Crippen molar-refractivity contribution in [3.05, 3.63) is 65.0 Å². The third-order valence-corrected chi connectivity index (χ3v) is 6.47. The highest BCUT2D eigenvalue weighted by atomic mass is 16.3. The Morgan fingerprint density at radius 2 is 1.72 bits per heavy atom. The fraction of sp³-hybridized carbons (Fsp3) is 0.400. The van der Waals surface area contributed by atoms with Crippen LogP contribution >= 0.6 is 0 Å². The first-order valence-electron chi connectivity index (χ1n) is 10.9. The zero-order valence-electron chi connectivity index (χ0n) is 19.2. The zero-order chi connectivity index (χ0) is 23.2. The molecule has 1 aliphatic rings. The van der Waals surface area contributed by atoms with E-state index in [0.717, 1.165) is 32.6 Å². The standard InChI is InChI=1S/C25H30N4O3/c1-15(2)18-6-8-19(9-7-18)25(5)23(31)29(24(32)27-25)13-20(30)12-28-14-26-21-10-16(3)17(4)11-22(21)28/h6-11,14-15,20,30H,12-13H2,1-5H3,(H,27,32). The second-order valence-electron chi connectivity index (χ2n) is 9.22. The monoisotopic (exact) mass is 434 g/mol. The fourth-order valence-electron chi connectivity index (χ4n) is 4.21. The molecule has 2 aromatic carbocycles. The lowest BCUT2D eigenvalue weighted by Gasteiger charge is -2.23. The van der Waals surface area contributed by atoms with Crippen molar-refractivity contribution in [2.75, 3.05) is 6.54 Å². The van der Waals surface area contributed by atoms with E-state index >= 15 is 0 Å². The summed E-state index contributed by atoms with van der Waals surface area (Å²) >= 11 is 0. The van der Waals surface area contributed by atoms with Crippen LogP contribution in [0, 0.1) is 13.8 Å². The molecule has 168 valence electrons. The van der Waals surface area contributed by atoms with E-state index in [4.69, 9.17) is 0 Å². The number of aliphatic hydroxyl groups is 1. The summed E-state index contributed by atoms with van der Waals surface area (Å²) < 4.78 is 1.86. The average molecular weight is 435 g/mol. The SMILES string of the molecule is Cc1cc2ncn(CC(O)CN3C(=O)NC(C)(c4ccc(C(C)C)cc4)C3=O)c2cc1C. The Balaban J connectivity index is 1.50. The van der Waals surface area contributed by atoms with Crippen LogP contribution in [0.4, 0.5) is 4.79 Å². The number of aryl methyl sites for hydroxylation is 2. The van der Waals surface area contributed by atoms with Gasteiger partial charge >= 0.3 is 6.03 Å². The number of hydrogen-bond acceptors (Lipinski definition) is 4. The fourth-order valence-corrected chi connectivity index (χ4v) is 4.21. The van der Waals surface area contributed by atoms with Crippen molar-refractivity contribution in [2.45, 2.75) is 58.7 Å². The van der Waals surface area contributed by atoms with Crippen LogP contribution in [-0.4, -0.2) is 44.1 Å². The molecule has 4 rings (SSSR count). The van der Waals surface area contributed by atoms with Crippen LogP contribution in [-0.2, 0) is 16.9 Å². The molecule has 1 fully saturated rings. The van der Waals surface area contributed by atoms with Gasteiger partial charge in [-0.25, -0.2) is 9.78 Å². The maximum atomic E-state index is 13.2. The van der Waals surface area contributed by atoms with E-state index in [9.17, 15) is 14.7 Å². The number of nitrogens with zero attached hydrogens (tertiary/aromatic N) is 3. The van der Waals surface area contributed by atoms with Crippen LogP contribution in [0.15, 0.2) is 42.7 Å². The maximum Gasteiger partial charge on any atom is 0.325 e. The molecule has 2 heterocycles. The Labute approximate surface area is 188 Å². The van der Waals surface area contributed by atoms with Crippen LogP contribution in [0.5, 0.6) is 0 Å². The van der Waals surface area contributed by atoms with Gasteiger partial charge in [-0.15, -0.1) is 0 Å². The van der Waals surface area contributed by atoms with Crippen LogP contribution in [0.3, 0.4) is 0 Å². The van der Waals surface area contributed by atoms with Gasteiger partial charge in [-0.05, 0) is 61.1 Å². The van der Waals surface area contributed by atoms with Gasteiger partial charge in [0.05, 0.1) is 36.6 Å². The van der Waals surface area contributed by atoms with E-state index in [0.29, 0.717) is 5.92 Å².